The SMILES string of the molecule is CC(C)c1nc(NN)cc(N2CCC(CN(C)C)CC2)n1. The summed E-state index contributed by atoms with van der Waals surface area (Å²) in [6.45, 7) is 7.48. The second-order valence-electron chi connectivity index (χ2n) is 6.46. The predicted octanol–water partition coefficient (Wildman–Crippen LogP) is 1.66. The monoisotopic (exact) mass is 292 g/mol. The zero-order chi connectivity index (χ0) is 15.4. The lowest BCUT2D eigenvalue weighted by Gasteiger charge is -2.34. The summed E-state index contributed by atoms with van der Waals surface area (Å²) in [6.07, 6.45) is 2.43. The Bertz CT molecular complexity index is 451. The number of anilines is 2. The van der Waals surface area contributed by atoms with Gasteiger partial charge in [0.05, 0.1) is 0 Å². The van der Waals surface area contributed by atoms with Crippen LogP contribution in [0, 0.1) is 5.92 Å². The van der Waals surface area contributed by atoms with Crippen LogP contribution in [0.2, 0.25) is 0 Å². The van der Waals surface area contributed by atoms with Crippen LogP contribution >= 0.6 is 0 Å². The van der Waals surface area contributed by atoms with Crippen molar-refractivity contribution in [2.24, 2.45) is 11.8 Å². The molecule has 0 amide bonds. The van der Waals surface area contributed by atoms with Crippen LogP contribution in [0.25, 0.3) is 0 Å². The summed E-state index contributed by atoms with van der Waals surface area (Å²) in [5.74, 6) is 9.14. The first-order valence-corrected chi connectivity index (χ1v) is 7.75. The Balaban J connectivity index is 2.07. The van der Waals surface area contributed by atoms with Crippen molar-refractivity contribution in [3.05, 3.63) is 11.9 Å². The van der Waals surface area contributed by atoms with Gasteiger partial charge in [-0.3, -0.25) is 0 Å². The molecule has 6 nitrogen and oxygen atoms in total. The average molecular weight is 292 g/mol. The van der Waals surface area contributed by atoms with Gasteiger partial charge in [-0.05, 0) is 32.9 Å². The van der Waals surface area contributed by atoms with Gasteiger partial charge in [-0.2, -0.15) is 0 Å². The van der Waals surface area contributed by atoms with Crippen molar-refractivity contribution < 1.29 is 0 Å². The maximum absolute atomic E-state index is 5.53. The third-order valence-corrected chi connectivity index (χ3v) is 3.96. The lowest BCUT2D eigenvalue weighted by atomic mass is 9.96. The van der Waals surface area contributed by atoms with Gasteiger partial charge in [0.25, 0.3) is 0 Å². The van der Waals surface area contributed by atoms with Gasteiger partial charge < -0.3 is 15.2 Å². The van der Waals surface area contributed by atoms with E-state index in [9.17, 15) is 0 Å². The van der Waals surface area contributed by atoms with E-state index in [0.717, 1.165) is 30.6 Å². The molecule has 0 spiro atoms. The van der Waals surface area contributed by atoms with Crippen LogP contribution < -0.4 is 16.2 Å². The van der Waals surface area contributed by atoms with Gasteiger partial charge in [0.2, 0.25) is 0 Å². The molecule has 1 aromatic rings. The topological polar surface area (TPSA) is 70.3 Å². The highest BCUT2D eigenvalue weighted by Gasteiger charge is 2.21. The first kappa shape index (κ1) is 16.0. The van der Waals surface area contributed by atoms with Gasteiger partial charge in [-0.15, -0.1) is 0 Å². The van der Waals surface area contributed by atoms with E-state index in [1.54, 1.807) is 0 Å². The first-order valence-electron chi connectivity index (χ1n) is 7.75. The number of aromatic nitrogens is 2. The van der Waals surface area contributed by atoms with E-state index in [1.165, 1.54) is 19.4 Å². The summed E-state index contributed by atoms with van der Waals surface area (Å²) < 4.78 is 0. The van der Waals surface area contributed by atoms with Crippen LogP contribution in [-0.2, 0) is 0 Å². The molecule has 1 aromatic heterocycles. The number of hydrogen-bond acceptors (Lipinski definition) is 6. The van der Waals surface area contributed by atoms with Crippen LogP contribution in [0.15, 0.2) is 6.07 Å². The van der Waals surface area contributed by atoms with Crippen molar-refractivity contribution in [2.75, 3.05) is 44.1 Å². The number of rotatable bonds is 5. The van der Waals surface area contributed by atoms with Gasteiger partial charge >= 0.3 is 0 Å². The van der Waals surface area contributed by atoms with E-state index in [0.29, 0.717) is 11.7 Å². The molecule has 0 aromatic carbocycles. The number of nitrogens with zero attached hydrogens (tertiary/aromatic N) is 4. The van der Waals surface area contributed by atoms with E-state index < -0.39 is 0 Å². The second kappa shape index (κ2) is 7.04. The highest BCUT2D eigenvalue weighted by molar-refractivity contribution is 5.49. The smallest absolute Gasteiger partial charge is 0.145 e. The molecule has 0 aliphatic carbocycles. The van der Waals surface area contributed by atoms with Gasteiger partial charge in [0.1, 0.15) is 17.5 Å². The summed E-state index contributed by atoms with van der Waals surface area (Å²) >= 11 is 0. The largest absolute Gasteiger partial charge is 0.356 e. The minimum atomic E-state index is 0.295. The Hall–Kier alpha value is -1.40. The Morgan fingerprint density at radius 1 is 1.33 bits per heavy atom. The highest BCUT2D eigenvalue weighted by atomic mass is 15.3. The Kier molecular flexibility index (Phi) is 5.36. The van der Waals surface area contributed by atoms with Crippen LogP contribution in [0.1, 0.15) is 38.4 Å². The van der Waals surface area contributed by atoms with Gasteiger partial charge in [-0.25, -0.2) is 15.8 Å². The van der Waals surface area contributed by atoms with Crippen molar-refractivity contribution in [1.82, 2.24) is 14.9 Å². The maximum atomic E-state index is 5.53. The van der Waals surface area contributed by atoms with E-state index in [2.05, 4.69) is 48.2 Å². The van der Waals surface area contributed by atoms with Gasteiger partial charge in [0, 0.05) is 31.6 Å². The maximum Gasteiger partial charge on any atom is 0.145 e. The number of nitrogens with one attached hydrogen (secondary N) is 1. The molecular weight excluding hydrogens is 264 g/mol. The molecule has 0 atom stereocenters. The number of nitrogens with two attached hydrogens (primary N) is 1. The molecule has 2 heterocycles. The lowest BCUT2D eigenvalue weighted by Crippen LogP contribution is -2.37. The third kappa shape index (κ3) is 4.28. The van der Waals surface area contributed by atoms with Crippen molar-refractivity contribution in [2.45, 2.75) is 32.6 Å². The molecule has 118 valence electrons. The summed E-state index contributed by atoms with van der Waals surface area (Å²) in [7, 11) is 4.29. The van der Waals surface area contributed by atoms with Crippen molar-refractivity contribution >= 4 is 11.6 Å². The standard InChI is InChI=1S/C15H28N6/c1-11(2)15-17-13(19-16)9-14(18-15)21-7-5-12(6-8-21)10-20(3)4/h9,11-12H,5-8,10,16H2,1-4H3,(H,17,18,19). The molecule has 0 saturated carbocycles. The average Bonchev–Trinajstić information content (AvgIpc) is 2.46. The van der Waals surface area contributed by atoms with E-state index in [4.69, 9.17) is 10.8 Å². The fourth-order valence-corrected chi connectivity index (χ4v) is 2.81. The van der Waals surface area contributed by atoms with E-state index >= 15 is 0 Å². The molecule has 3 N–H and O–H groups in total. The Morgan fingerprint density at radius 2 is 2.00 bits per heavy atom. The van der Waals surface area contributed by atoms with Crippen molar-refractivity contribution in [1.29, 1.82) is 0 Å². The summed E-state index contributed by atoms with van der Waals surface area (Å²) in [5.41, 5.74) is 2.65. The van der Waals surface area contributed by atoms with Gasteiger partial charge in [0.15, 0.2) is 0 Å². The van der Waals surface area contributed by atoms with Crippen LogP contribution in [0.5, 0.6) is 0 Å². The zero-order valence-electron chi connectivity index (χ0n) is 13.6. The quantitative estimate of drug-likeness (QED) is 0.635. The molecule has 0 unspecified atom stereocenters. The number of hydrogen-bond donors (Lipinski definition) is 2. The van der Waals surface area contributed by atoms with E-state index in [1.807, 2.05) is 6.07 Å². The minimum absolute atomic E-state index is 0.295. The van der Waals surface area contributed by atoms with Gasteiger partial charge in [-0.1, -0.05) is 13.8 Å². The summed E-state index contributed by atoms with van der Waals surface area (Å²) in [6, 6.07) is 1.94. The number of nitrogen functional groups attached to an aromatic ring is 1. The number of piperidine rings is 1. The van der Waals surface area contributed by atoms with Crippen LogP contribution in [0.4, 0.5) is 11.6 Å². The second-order valence-corrected chi connectivity index (χ2v) is 6.46. The molecule has 1 aliphatic rings. The fourth-order valence-electron chi connectivity index (χ4n) is 2.81. The molecular formula is C15H28N6. The van der Waals surface area contributed by atoms with Crippen molar-refractivity contribution in [3.63, 3.8) is 0 Å². The zero-order valence-corrected chi connectivity index (χ0v) is 13.6. The Labute approximate surface area is 127 Å². The third-order valence-electron chi connectivity index (χ3n) is 3.96. The first-order chi connectivity index (χ1) is 9.99. The fraction of sp³-hybridized carbons (Fsp3) is 0.733. The lowest BCUT2D eigenvalue weighted by molar-refractivity contribution is 0.284. The molecule has 2 rings (SSSR count). The molecule has 0 radical (unpaired) electrons. The molecule has 21 heavy (non-hydrogen) atoms. The molecule has 0 bridgehead atoms. The minimum Gasteiger partial charge on any atom is -0.356 e. The predicted molar refractivity (Wildman–Crippen MR) is 87.4 cm³/mol. The van der Waals surface area contributed by atoms with Crippen LogP contribution in [-0.4, -0.2) is 48.6 Å². The summed E-state index contributed by atoms with van der Waals surface area (Å²) in [5, 5.41) is 0. The number of hydrazine groups is 1. The van der Waals surface area contributed by atoms with Crippen molar-refractivity contribution in [3.8, 4) is 0 Å². The Morgan fingerprint density at radius 3 is 2.52 bits per heavy atom. The normalized spacial score (nSPS) is 16.8. The molecule has 1 fully saturated rings. The molecule has 6 heteroatoms. The molecule has 1 aliphatic heterocycles. The highest BCUT2D eigenvalue weighted by Crippen LogP contribution is 2.25. The van der Waals surface area contributed by atoms with E-state index in [-0.39, 0.29) is 0 Å². The molecule has 1 saturated heterocycles. The van der Waals surface area contributed by atoms with Crippen LogP contribution in [0.3, 0.4) is 0 Å². The summed E-state index contributed by atoms with van der Waals surface area (Å²) in [4.78, 5) is 13.7.